The Hall–Kier alpha value is -2.94. The van der Waals surface area contributed by atoms with Gasteiger partial charge in [0.2, 0.25) is 0 Å². The molecule has 1 aliphatic heterocycles. The van der Waals surface area contributed by atoms with Crippen LogP contribution in [0.25, 0.3) is 21.7 Å². The van der Waals surface area contributed by atoms with E-state index in [9.17, 15) is 0 Å². The summed E-state index contributed by atoms with van der Waals surface area (Å²) in [5.41, 5.74) is 2.43. The zero-order valence-corrected chi connectivity index (χ0v) is 13.4. The maximum Gasteiger partial charge on any atom is 0.285 e. The van der Waals surface area contributed by atoms with Crippen LogP contribution in [-0.2, 0) is 13.1 Å². The summed E-state index contributed by atoms with van der Waals surface area (Å²) in [7, 11) is 0. The van der Waals surface area contributed by atoms with Crippen molar-refractivity contribution >= 4 is 27.5 Å². The van der Waals surface area contributed by atoms with Crippen molar-refractivity contribution in [1.29, 1.82) is 0 Å². The zero-order valence-electron chi connectivity index (χ0n) is 13.4. The van der Waals surface area contributed by atoms with Gasteiger partial charge in [-0.2, -0.15) is 0 Å². The molecule has 0 saturated carbocycles. The van der Waals surface area contributed by atoms with Gasteiger partial charge in [0.15, 0.2) is 0 Å². The number of aromatic nitrogens is 2. The average molecular weight is 312 g/mol. The molecule has 24 heavy (non-hydrogen) atoms. The third kappa shape index (κ3) is 1.98. The number of fused-ring (bicyclic) bond motifs is 6. The molecule has 5 rings (SSSR count). The second-order valence-corrected chi connectivity index (χ2v) is 6.28. The van der Waals surface area contributed by atoms with E-state index in [1.165, 1.54) is 27.5 Å². The van der Waals surface area contributed by atoms with Crippen LogP contribution in [0.1, 0.15) is 5.69 Å². The highest BCUT2D eigenvalue weighted by Crippen LogP contribution is 2.32. The maximum atomic E-state index is 4.51. The molecular weight excluding hydrogens is 294 g/mol. The van der Waals surface area contributed by atoms with Gasteiger partial charge in [-0.15, -0.1) is 0 Å². The van der Waals surface area contributed by atoms with Crippen LogP contribution in [0.2, 0.25) is 0 Å². The van der Waals surface area contributed by atoms with Gasteiger partial charge >= 0.3 is 0 Å². The Labute approximate surface area is 140 Å². The molecule has 3 heteroatoms. The second-order valence-electron chi connectivity index (χ2n) is 6.28. The summed E-state index contributed by atoms with van der Waals surface area (Å²) in [6, 6.07) is 23.6. The van der Waals surface area contributed by atoms with Crippen LogP contribution in [0.15, 0.2) is 72.9 Å². The van der Waals surface area contributed by atoms with Gasteiger partial charge in [0.1, 0.15) is 25.2 Å². The van der Waals surface area contributed by atoms with Crippen molar-refractivity contribution < 1.29 is 4.57 Å². The average Bonchev–Trinajstić information content (AvgIpc) is 3.07. The van der Waals surface area contributed by atoms with Crippen LogP contribution in [0.5, 0.6) is 0 Å². The van der Waals surface area contributed by atoms with Gasteiger partial charge in [0.25, 0.3) is 5.82 Å². The Bertz CT molecular complexity index is 1040. The molecule has 0 atom stereocenters. The number of hydrogen-bond donors (Lipinski definition) is 0. The van der Waals surface area contributed by atoms with E-state index in [2.05, 4.69) is 75.1 Å². The van der Waals surface area contributed by atoms with Gasteiger partial charge in [-0.05, 0) is 24.3 Å². The molecule has 0 spiro atoms. The van der Waals surface area contributed by atoms with E-state index >= 15 is 0 Å². The molecule has 0 N–H and O–H groups in total. The molecule has 2 aromatic heterocycles. The van der Waals surface area contributed by atoms with E-state index in [1.807, 2.05) is 12.3 Å². The Morgan fingerprint density at radius 1 is 0.833 bits per heavy atom. The predicted molar refractivity (Wildman–Crippen MR) is 96.9 cm³/mol. The van der Waals surface area contributed by atoms with Gasteiger partial charge in [-0.25, -0.2) is 4.57 Å². The lowest BCUT2D eigenvalue weighted by atomic mass is 10.1. The highest BCUT2D eigenvalue weighted by Gasteiger charge is 2.32. The molecule has 0 aliphatic carbocycles. The lowest BCUT2D eigenvalue weighted by molar-refractivity contribution is -0.643. The Morgan fingerprint density at radius 3 is 2.42 bits per heavy atom. The Kier molecular flexibility index (Phi) is 2.98. The number of rotatable bonds is 2. The molecular formula is C21H18N3+. The normalized spacial score (nSPS) is 13.6. The highest BCUT2D eigenvalue weighted by molar-refractivity contribution is 6.08. The second kappa shape index (κ2) is 5.31. The van der Waals surface area contributed by atoms with Crippen LogP contribution in [-0.4, -0.2) is 11.5 Å². The van der Waals surface area contributed by atoms with Gasteiger partial charge in [-0.1, -0.05) is 42.5 Å². The molecule has 3 nitrogen and oxygen atoms in total. The minimum Gasteiger partial charge on any atom is -0.257 e. The fourth-order valence-corrected chi connectivity index (χ4v) is 3.84. The van der Waals surface area contributed by atoms with Crippen LogP contribution in [0, 0.1) is 0 Å². The molecule has 0 saturated heterocycles. The van der Waals surface area contributed by atoms with Crippen molar-refractivity contribution in [1.82, 2.24) is 4.98 Å². The summed E-state index contributed by atoms with van der Waals surface area (Å²) >= 11 is 0. The molecule has 116 valence electrons. The summed E-state index contributed by atoms with van der Waals surface area (Å²) in [6.07, 6.45) is 1.87. The van der Waals surface area contributed by atoms with Gasteiger partial charge in [0.05, 0.1) is 11.1 Å². The van der Waals surface area contributed by atoms with Crippen molar-refractivity contribution in [3.05, 3.63) is 78.6 Å². The van der Waals surface area contributed by atoms with Crippen LogP contribution < -0.4 is 9.47 Å². The topological polar surface area (TPSA) is 20.0 Å². The number of pyridine rings is 2. The predicted octanol–water partition coefficient (Wildman–Crippen LogP) is 3.70. The minimum absolute atomic E-state index is 0.850. The molecule has 4 aromatic rings. The number of para-hydroxylation sites is 1. The Morgan fingerprint density at radius 2 is 1.58 bits per heavy atom. The molecule has 0 amide bonds. The van der Waals surface area contributed by atoms with Crippen molar-refractivity contribution in [2.24, 2.45) is 0 Å². The first-order valence-corrected chi connectivity index (χ1v) is 8.40. The monoisotopic (exact) mass is 312 g/mol. The number of nitrogens with zero attached hydrogens (tertiary/aromatic N) is 3. The first-order valence-electron chi connectivity index (χ1n) is 8.40. The first-order chi connectivity index (χ1) is 11.9. The van der Waals surface area contributed by atoms with E-state index in [0.717, 1.165) is 25.3 Å². The molecule has 0 unspecified atom stereocenters. The number of benzene rings is 2. The molecule has 0 radical (unpaired) electrons. The van der Waals surface area contributed by atoms with E-state index in [-0.39, 0.29) is 0 Å². The number of anilines is 1. The van der Waals surface area contributed by atoms with Gasteiger partial charge < -0.3 is 0 Å². The van der Waals surface area contributed by atoms with Crippen molar-refractivity contribution in [3.8, 4) is 0 Å². The summed E-state index contributed by atoms with van der Waals surface area (Å²) in [5.74, 6) is 1.31. The largest absolute Gasteiger partial charge is 0.285 e. The van der Waals surface area contributed by atoms with Crippen LogP contribution in [0.3, 0.4) is 0 Å². The smallest absolute Gasteiger partial charge is 0.257 e. The zero-order chi connectivity index (χ0) is 15.9. The summed E-state index contributed by atoms with van der Waals surface area (Å²) in [6.45, 7) is 2.89. The van der Waals surface area contributed by atoms with Gasteiger partial charge in [0, 0.05) is 17.0 Å². The molecule has 0 fully saturated rings. The lowest BCUT2D eigenvalue weighted by Crippen LogP contribution is -2.32. The minimum atomic E-state index is 0.850. The third-order valence-corrected chi connectivity index (χ3v) is 4.88. The van der Waals surface area contributed by atoms with Crippen molar-refractivity contribution in [2.45, 2.75) is 13.1 Å². The standard InChI is InChI=1S/C21H18N3/c1-2-10-19-17(8-1)18-9-3-4-11-20(18)24-14-13-23(21(19)24)15-16-7-5-6-12-22-16/h1-12H,13-15H2/q+1. The lowest BCUT2D eigenvalue weighted by Gasteiger charge is -2.13. The molecule has 3 heterocycles. The molecule has 0 bridgehead atoms. The quantitative estimate of drug-likeness (QED) is 0.415. The molecule has 1 aliphatic rings. The van der Waals surface area contributed by atoms with Crippen molar-refractivity contribution in [3.63, 3.8) is 0 Å². The summed E-state index contributed by atoms with van der Waals surface area (Å²) in [5, 5.41) is 3.98. The third-order valence-electron chi connectivity index (χ3n) is 4.88. The van der Waals surface area contributed by atoms with Crippen LogP contribution in [0.4, 0.5) is 5.82 Å². The van der Waals surface area contributed by atoms with Crippen LogP contribution >= 0.6 is 0 Å². The van der Waals surface area contributed by atoms with E-state index in [0.29, 0.717) is 0 Å². The summed E-state index contributed by atoms with van der Waals surface area (Å²) in [4.78, 5) is 6.96. The summed E-state index contributed by atoms with van der Waals surface area (Å²) < 4.78 is 2.46. The molecule has 2 aromatic carbocycles. The van der Waals surface area contributed by atoms with E-state index in [1.54, 1.807) is 0 Å². The van der Waals surface area contributed by atoms with Gasteiger partial charge in [-0.3, -0.25) is 9.88 Å². The van der Waals surface area contributed by atoms with E-state index < -0.39 is 0 Å². The SMILES string of the molecule is c1ccc(CN2CC[n+]3c2c2ccccc2c2ccccc23)nc1. The van der Waals surface area contributed by atoms with E-state index in [4.69, 9.17) is 0 Å². The maximum absolute atomic E-state index is 4.51. The highest BCUT2D eigenvalue weighted by atomic mass is 15.3. The Balaban J connectivity index is 1.76. The number of hydrogen-bond acceptors (Lipinski definition) is 2. The fraction of sp³-hybridized carbons (Fsp3) is 0.143. The first kappa shape index (κ1) is 13.5. The fourth-order valence-electron chi connectivity index (χ4n) is 3.84. The van der Waals surface area contributed by atoms with Crippen molar-refractivity contribution in [2.75, 3.05) is 11.4 Å².